The summed E-state index contributed by atoms with van der Waals surface area (Å²) in [6.45, 7) is 37.5. The molecular weight excluding hydrogens is 1870 g/mol. The molecule has 1 aliphatic heterocycles. The van der Waals surface area contributed by atoms with Gasteiger partial charge in [-0.3, -0.25) is 23.4 Å². The van der Waals surface area contributed by atoms with Crippen LogP contribution in [-0.4, -0.2) is 83.1 Å². The molecule has 29 heteroatoms. The van der Waals surface area contributed by atoms with Gasteiger partial charge in [0.1, 0.15) is 5.60 Å². The predicted octanol–water partition coefficient (Wildman–Crippen LogP) is 24.6. The van der Waals surface area contributed by atoms with Crippen molar-refractivity contribution in [2.24, 2.45) is 7.05 Å². The number of carbonyl (C=O) groups is 4. The van der Waals surface area contributed by atoms with Gasteiger partial charge in [-0.25, -0.2) is 8.42 Å². The van der Waals surface area contributed by atoms with Gasteiger partial charge >= 0.3 is 41.5 Å². The molecule has 1 aliphatic rings. The second kappa shape index (κ2) is 53.7. The summed E-state index contributed by atoms with van der Waals surface area (Å²) in [4.78, 5) is 47.7. The van der Waals surface area contributed by atoms with Crippen molar-refractivity contribution >= 4 is 198 Å². The van der Waals surface area contributed by atoms with Crippen LogP contribution < -0.4 is 51.1 Å². The van der Waals surface area contributed by atoms with Crippen LogP contribution in [0.2, 0.25) is 40.2 Å². The molecule has 0 bridgehead atoms. The average molecular weight is 1980 g/mol. The van der Waals surface area contributed by atoms with Crippen molar-refractivity contribution in [3.63, 3.8) is 0 Å². The van der Waals surface area contributed by atoms with Crippen LogP contribution in [0.1, 0.15) is 220 Å². The molecule has 1 saturated heterocycles. The van der Waals surface area contributed by atoms with Gasteiger partial charge in [0.25, 0.3) is 0 Å². The van der Waals surface area contributed by atoms with Gasteiger partial charge in [-0.05, 0) is 284 Å². The smallest absolute Gasteiger partial charge is 0.528 e. The number of carboxylic acid groups (broad SMARTS) is 1. The minimum absolute atomic E-state index is 0. The van der Waals surface area contributed by atoms with Crippen LogP contribution in [0.3, 0.4) is 0 Å². The Balaban J connectivity index is 0.000000482. The first kappa shape index (κ1) is 111. The number of likely N-dealkylation sites (N-methyl/N-ethyl adjacent to an activating group) is 1. The van der Waals surface area contributed by atoms with Gasteiger partial charge in [-0.15, -0.1) is 0 Å². The maximum absolute atomic E-state index is 13.1. The van der Waals surface area contributed by atoms with Gasteiger partial charge in [-0.1, -0.05) is 244 Å². The molecule has 0 radical (unpaired) electrons. The quantitative estimate of drug-likeness (QED) is 0.0240. The van der Waals surface area contributed by atoms with E-state index in [1.54, 1.807) is 61.8 Å². The van der Waals surface area contributed by atoms with Crippen molar-refractivity contribution < 1.29 is 67.0 Å². The number of nitrogen functional groups attached to an aromatic ring is 3. The van der Waals surface area contributed by atoms with Gasteiger partial charge in [0.05, 0.1) is 30.6 Å². The number of allylic oxidation sites excluding steroid dienone is 1. The first-order valence-corrected chi connectivity index (χ1v) is 44.8. The average Bonchev–Trinajstić information content (AvgIpc) is 1.59. The Morgan fingerprint density at radius 2 is 0.883 bits per heavy atom. The fraction of sp³-hybridized carbons (Fsp3) is 0.374. The third kappa shape index (κ3) is 44.4. The van der Waals surface area contributed by atoms with Crippen LogP contribution in [0.25, 0.3) is 10.3 Å². The third-order valence-electron chi connectivity index (χ3n) is 17.4. The van der Waals surface area contributed by atoms with Crippen LogP contribution in [0.5, 0.6) is 0 Å². The number of amides is 1. The van der Waals surface area contributed by atoms with Crippen LogP contribution >= 0.6 is 136 Å². The standard InChI is InChI=1S/C21H30ClN5O3S.C15H21ClO2.C11H12Cl2O.C11H13ClO2.C9H10BrCl.C9H12ClN.C9H10ClN.C6H5BrClN.Na/c1-15(2)17-8-16(9-18(22)11-17)10-21(28)24-31(29,30)27(20-12-23-26(4)13-20)14-19-6-5-7-25(19)3;1-10(2)12-6-11(7-13(16)9-12)8-14(17)18-15(3,4)5;2*1-7(2)9-3-8(5-11(13)14)4-10(12)6-9;3*1-6(2)7-3-8(10)5-9(11)4-7;7-4-1-5(8)3-6(9)2-4;/h8-9,11-13,15,19H,5-7,10,14H2,1-4H3,(H,24,28);6-7,9-10H,8H2,1-5H3;3-4,6-7H,5H2,1-2H3;3-4,6-7H,5H2,1-2H3,(H,13,14);3-6H,1-2H3;3-6H,11H2,1-2H3;3-5H,1,11H2,2H3;1-3H,9H2;/q;;;;;;;;+1/p-1/t19-;;;;;;;;/m0......../s1. The fourth-order valence-corrected chi connectivity index (χ4v) is 15.9. The number of benzene rings is 8. The van der Waals surface area contributed by atoms with Crippen molar-refractivity contribution in [1.29, 1.82) is 0 Å². The van der Waals surface area contributed by atoms with E-state index in [2.05, 4.69) is 128 Å². The van der Waals surface area contributed by atoms with Crippen molar-refractivity contribution in [1.82, 2.24) is 14.7 Å². The van der Waals surface area contributed by atoms with Crippen LogP contribution in [0, 0.1) is 0 Å². The number of hydrogen-bond donors (Lipinski definition) is 4. The summed E-state index contributed by atoms with van der Waals surface area (Å²) in [5, 5.41) is 17.6. The molecule has 1 aromatic heterocycles. The summed E-state index contributed by atoms with van der Waals surface area (Å²) in [5.74, 6) is 0.617. The number of aryl methyl sites for hydroxylation is 1. The Hall–Kier alpha value is -5.53. The molecule has 1 atom stereocenters. The van der Waals surface area contributed by atoms with E-state index in [0.717, 1.165) is 89.1 Å². The molecule has 1 fully saturated rings. The molecular formula is C91H112Br2Cl9N8NaO8S. The number of likely N-dealkylation sites (tertiary alicyclic amines) is 1. The summed E-state index contributed by atoms with van der Waals surface area (Å²) >= 11 is 59.1. The topological polar surface area (TPSA) is 248 Å². The van der Waals surface area contributed by atoms with Crippen LogP contribution in [-0.2, 0) is 66.9 Å². The van der Waals surface area contributed by atoms with Crippen LogP contribution in [0.15, 0.2) is 174 Å². The van der Waals surface area contributed by atoms with E-state index < -0.39 is 27.7 Å². The number of rotatable bonds is 20. The zero-order chi connectivity index (χ0) is 90.3. The van der Waals surface area contributed by atoms with E-state index in [9.17, 15) is 27.6 Å². The van der Waals surface area contributed by atoms with Crippen LogP contribution in [0.4, 0.5) is 22.7 Å². The Morgan fingerprint density at radius 3 is 1.22 bits per heavy atom. The monoisotopic (exact) mass is 1970 g/mol. The normalized spacial score (nSPS) is 12.2. The Bertz CT molecular complexity index is 4730. The zero-order valence-electron chi connectivity index (χ0n) is 71.8. The SMILES string of the molecule is C=C(C)c1cc(N)cc(Cl)c1.CC(C)c1cc(Cl)cc(Br)c1.CC(C)c1cc(Cl)cc(CC(=O)Cl)c1.CC(C)c1cc(Cl)cc(CC(=O)O)c1.CC(C)c1cc(Cl)cc(CC(=O)OC(C)(C)C)c1.CC(C)c1cc(Cl)cc(CC(=O)[N-]S(=O)(=O)N(C[C@@H]2CCCN2C)c2cnn(C)c2)c1.CC(C)c1cc(N)cc(Cl)c1.Nc1cc(Cl)cc(Br)c1.[Na+]. The van der Waals surface area contributed by atoms with E-state index >= 15 is 0 Å². The second-order valence-electron chi connectivity index (χ2n) is 31.5. The molecule has 10 rings (SSSR count). The largest absolute Gasteiger partial charge is 1.00 e. The molecule has 648 valence electrons. The molecule has 7 N–H and O–H groups in total. The van der Waals surface area contributed by atoms with Gasteiger partial charge < -0.3 is 41.5 Å². The number of hydrogen-bond acceptors (Lipinski definition) is 12. The number of anilines is 4. The molecule has 120 heavy (non-hydrogen) atoms. The summed E-state index contributed by atoms with van der Waals surface area (Å²) < 4.78 is 39.9. The van der Waals surface area contributed by atoms with Crippen molar-refractivity contribution in [3.05, 3.63) is 280 Å². The number of nitrogens with two attached hydrogens (primary N) is 3. The number of aromatic nitrogens is 2. The Kier molecular flexibility index (Phi) is 49.5. The van der Waals surface area contributed by atoms with E-state index in [4.69, 9.17) is 131 Å². The molecule has 9 aromatic rings. The molecule has 0 aliphatic carbocycles. The third-order valence-corrected chi connectivity index (χ3v) is 21.5. The Labute approximate surface area is 796 Å². The Morgan fingerprint density at radius 1 is 0.533 bits per heavy atom. The van der Waals surface area contributed by atoms with Gasteiger partial charge in [0.15, 0.2) is 10.2 Å². The molecule has 16 nitrogen and oxygen atoms in total. The maximum Gasteiger partial charge on any atom is 1.00 e. The number of esters is 1. The molecule has 0 spiro atoms. The first-order valence-electron chi connectivity index (χ1n) is 38.4. The number of carboxylic acids is 1. The van der Waals surface area contributed by atoms with Crippen molar-refractivity contribution in [3.8, 4) is 0 Å². The number of nitrogens with zero attached hydrogens (tertiary/aromatic N) is 5. The molecule has 0 saturated carbocycles. The van der Waals surface area contributed by atoms with Gasteiger partial charge in [-0.2, -0.15) is 5.10 Å². The molecule has 2 heterocycles. The summed E-state index contributed by atoms with van der Waals surface area (Å²) in [6, 6.07) is 44.7. The van der Waals surface area contributed by atoms with Crippen molar-refractivity contribution in [2.45, 2.75) is 196 Å². The van der Waals surface area contributed by atoms with E-state index in [0.29, 0.717) is 87.4 Å². The van der Waals surface area contributed by atoms with E-state index in [1.165, 1.54) is 26.3 Å². The minimum Gasteiger partial charge on any atom is -0.528 e. The van der Waals surface area contributed by atoms with Gasteiger partial charge in [0.2, 0.25) is 5.24 Å². The first-order chi connectivity index (χ1) is 55.1. The number of halogens is 11. The second-order valence-corrected chi connectivity index (χ2v) is 38.7. The summed E-state index contributed by atoms with van der Waals surface area (Å²) in [7, 11) is -0.549. The van der Waals surface area contributed by atoms with Crippen molar-refractivity contribution in [2.75, 3.05) is 41.6 Å². The number of ether oxygens (including phenoxy) is 1. The van der Waals surface area contributed by atoms with E-state index in [1.807, 2.05) is 140 Å². The number of carbonyl (C=O) groups excluding carboxylic acids is 3. The molecule has 8 aromatic carbocycles. The van der Waals surface area contributed by atoms with E-state index in [-0.39, 0.29) is 85.0 Å². The number of aliphatic carboxylic acids is 1. The summed E-state index contributed by atoms with van der Waals surface area (Å²) in [5.41, 5.74) is 30.6. The maximum atomic E-state index is 13.1. The van der Waals surface area contributed by atoms with Gasteiger partial charge in [0, 0.05) is 105 Å². The summed E-state index contributed by atoms with van der Waals surface area (Å²) in [6.07, 6.45) is 5.36. The fourth-order valence-electron chi connectivity index (χ4n) is 11.3. The molecule has 1 amide bonds. The molecule has 0 unspecified atom stereocenters. The predicted molar refractivity (Wildman–Crippen MR) is 512 cm³/mol. The zero-order valence-corrected chi connectivity index (χ0v) is 84.5. The minimum atomic E-state index is -4.23.